The van der Waals surface area contributed by atoms with E-state index in [1.807, 2.05) is 6.26 Å². The van der Waals surface area contributed by atoms with Gasteiger partial charge < -0.3 is 10.1 Å². The van der Waals surface area contributed by atoms with Gasteiger partial charge in [0, 0.05) is 25.4 Å². The molecule has 7 heteroatoms. The first-order chi connectivity index (χ1) is 7.76. The summed E-state index contributed by atoms with van der Waals surface area (Å²) in [4.78, 5) is 0. The van der Waals surface area contributed by atoms with E-state index >= 15 is 0 Å². The van der Waals surface area contributed by atoms with Crippen LogP contribution in [0.2, 0.25) is 0 Å². The summed E-state index contributed by atoms with van der Waals surface area (Å²) in [7, 11) is 1.72. The monoisotopic (exact) mass is 279 g/mol. The number of hydrogen-bond acceptors (Lipinski definition) is 7. The van der Waals surface area contributed by atoms with Gasteiger partial charge in [-0.05, 0) is 13.2 Å². The molecule has 0 amide bonds. The zero-order valence-corrected chi connectivity index (χ0v) is 12.2. The number of hydrogen-bond donors (Lipinski definition) is 1. The molecule has 1 rings (SSSR count). The summed E-state index contributed by atoms with van der Waals surface area (Å²) in [5.41, 5.74) is 0. The Balaban J connectivity index is 2.11. The lowest BCUT2D eigenvalue weighted by Crippen LogP contribution is -2.31. The summed E-state index contributed by atoms with van der Waals surface area (Å²) in [6.07, 6.45) is 2.02. The van der Waals surface area contributed by atoms with Crippen molar-refractivity contribution in [2.75, 3.05) is 32.3 Å². The van der Waals surface area contributed by atoms with E-state index in [0.717, 1.165) is 27.6 Å². The van der Waals surface area contributed by atoms with Crippen molar-refractivity contribution >= 4 is 34.9 Å². The van der Waals surface area contributed by atoms with Gasteiger partial charge in [0.05, 0.1) is 6.61 Å². The van der Waals surface area contributed by atoms with Crippen LogP contribution in [0.15, 0.2) is 8.68 Å². The van der Waals surface area contributed by atoms with E-state index in [1.165, 1.54) is 0 Å². The zero-order chi connectivity index (χ0) is 11.8. The molecule has 0 fully saturated rings. The smallest absolute Gasteiger partial charge is 0.175 e. The SMILES string of the molecule is COCC(C)NCCSc1nnc(SC)s1. The highest BCUT2D eigenvalue weighted by Crippen LogP contribution is 2.26. The Morgan fingerprint density at radius 1 is 1.44 bits per heavy atom. The first-order valence-corrected chi connectivity index (χ1v) is 8.01. The van der Waals surface area contributed by atoms with Crippen LogP contribution in [0.4, 0.5) is 0 Å². The molecule has 1 heterocycles. The van der Waals surface area contributed by atoms with Gasteiger partial charge in [-0.3, -0.25) is 0 Å². The molecule has 0 radical (unpaired) electrons. The fraction of sp³-hybridized carbons (Fsp3) is 0.778. The Morgan fingerprint density at radius 3 is 2.81 bits per heavy atom. The van der Waals surface area contributed by atoms with E-state index in [4.69, 9.17) is 4.74 Å². The quantitative estimate of drug-likeness (QED) is 0.580. The number of nitrogens with one attached hydrogen (secondary N) is 1. The highest BCUT2D eigenvalue weighted by Gasteiger charge is 2.04. The molecule has 0 aliphatic rings. The van der Waals surface area contributed by atoms with Crippen LogP contribution in [0.1, 0.15) is 6.92 Å². The van der Waals surface area contributed by atoms with Crippen LogP contribution in [0, 0.1) is 0 Å². The normalized spacial score (nSPS) is 12.9. The first kappa shape index (κ1) is 14.2. The first-order valence-electron chi connectivity index (χ1n) is 4.99. The minimum absolute atomic E-state index is 0.404. The molecule has 1 aromatic heterocycles. The van der Waals surface area contributed by atoms with Crippen LogP contribution < -0.4 is 5.32 Å². The van der Waals surface area contributed by atoms with Gasteiger partial charge in [-0.25, -0.2) is 0 Å². The molecule has 1 N–H and O–H groups in total. The number of nitrogens with zero attached hydrogens (tertiary/aromatic N) is 2. The lowest BCUT2D eigenvalue weighted by molar-refractivity contribution is 0.173. The van der Waals surface area contributed by atoms with Crippen molar-refractivity contribution in [3.63, 3.8) is 0 Å². The largest absolute Gasteiger partial charge is 0.383 e. The number of methoxy groups -OCH3 is 1. The van der Waals surface area contributed by atoms with Crippen molar-refractivity contribution in [2.24, 2.45) is 0 Å². The van der Waals surface area contributed by atoms with E-state index in [1.54, 1.807) is 42.0 Å². The van der Waals surface area contributed by atoms with Crippen molar-refractivity contribution < 1.29 is 4.74 Å². The van der Waals surface area contributed by atoms with E-state index in [-0.39, 0.29) is 0 Å². The summed E-state index contributed by atoms with van der Waals surface area (Å²) in [6, 6.07) is 0.404. The van der Waals surface area contributed by atoms with Crippen LogP contribution in [0.25, 0.3) is 0 Å². The third kappa shape index (κ3) is 5.49. The Kier molecular flexibility index (Phi) is 7.39. The molecule has 4 nitrogen and oxygen atoms in total. The van der Waals surface area contributed by atoms with Crippen LogP contribution in [0.3, 0.4) is 0 Å². The molecular weight excluding hydrogens is 262 g/mol. The van der Waals surface area contributed by atoms with Crippen LogP contribution >= 0.6 is 34.9 Å². The number of ether oxygens (including phenoxy) is 1. The molecule has 0 bridgehead atoms. The molecule has 16 heavy (non-hydrogen) atoms. The second-order valence-corrected chi connectivity index (χ2v) is 6.57. The van der Waals surface area contributed by atoms with Gasteiger partial charge in [-0.2, -0.15) is 0 Å². The second-order valence-electron chi connectivity index (χ2n) is 3.20. The van der Waals surface area contributed by atoms with Crippen LogP contribution in [-0.2, 0) is 4.74 Å². The zero-order valence-electron chi connectivity index (χ0n) is 9.73. The maximum absolute atomic E-state index is 5.04. The van der Waals surface area contributed by atoms with Crippen LogP contribution in [-0.4, -0.2) is 48.5 Å². The van der Waals surface area contributed by atoms with Gasteiger partial charge in [-0.15, -0.1) is 10.2 Å². The van der Waals surface area contributed by atoms with E-state index in [9.17, 15) is 0 Å². The summed E-state index contributed by atoms with van der Waals surface area (Å²) in [5.74, 6) is 1.01. The lowest BCUT2D eigenvalue weighted by Gasteiger charge is -2.11. The fourth-order valence-corrected chi connectivity index (χ4v) is 3.47. The Morgan fingerprint density at radius 2 is 2.19 bits per heavy atom. The molecule has 92 valence electrons. The van der Waals surface area contributed by atoms with Crippen molar-refractivity contribution in [3.8, 4) is 0 Å². The maximum Gasteiger partial charge on any atom is 0.175 e. The third-order valence-electron chi connectivity index (χ3n) is 1.80. The van der Waals surface area contributed by atoms with Gasteiger partial charge in [0.25, 0.3) is 0 Å². The number of thioether (sulfide) groups is 2. The minimum atomic E-state index is 0.404. The molecule has 0 saturated heterocycles. The molecule has 1 atom stereocenters. The predicted molar refractivity (Wildman–Crippen MR) is 71.8 cm³/mol. The Labute approximate surface area is 109 Å². The average molecular weight is 279 g/mol. The molecule has 0 aromatic carbocycles. The van der Waals surface area contributed by atoms with Crippen molar-refractivity contribution in [1.82, 2.24) is 15.5 Å². The Hall–Kier alpha value is 0.180. The lowest BCUT2D eigenvalue weighted by atomic mass is 10.4. The summed E-state index contributed by atoms with van der Waals surface area (Å²) in [6.45, 7) is 3.83. The molecule has 0 aliphatic carbocycles. The average Bonchev–Trinajstić information content (AvgIpc) is 2.73. The molecule has 1 aromatic rings. The third-order valence-corrected chi connectivity index (χ3v) is 4.83. The van der Waals surface area contributed by atoms with Gasteiger partial charge in [0.15, 0.2) is 8.68 Å². The summed E-state index contributed by atoms with van der Waals surface area (Å²) < 4.78 is 7.12. The molecule has 0 spiro atoms. The summed E-state index contributed by atoms with van der Waals surface area (Å²) in [5, 5.41) is 11.5. The van der Waals surface area contributed by atoms with E-state index < -0.39 is 0 Å². The molecule has 1 unspecified atom stereocenters. The highest BCUT2D eigenvalue weighted by atomic mass is 32.2. The predicted octanol–water partition coefficient (Wildman–Crippen LogP) is 1.98. The van der Waals surface area contributed by atoms with Crippen LogP contribution in [0.5, 0.6) is 0 Å². The van der Waals surface area contributed by atoms with Gasteiger partial charge in [-0.1, -0.05) is 34.9 Å². The van der Waals surface area contributed by atoms with Gasteiger partial charge in [0.1, 0.15) is 0 Å². The maximum atomic E-state index is 5.04. The fourth-order valence-electron chi connectivity index (χ4n) is 1.09. The highest BCUT2D eigenvalue weighted by molar-refractivity contribution is 8.02. The van der Waals surface area contributed by atoms with E-state index in [0.29, 0.717) is 6.04 Å². The van der Waals surface area contributed by atoms with E-state index in [2.05, 4.69) is 22.4 Å². The summed E-state index contributed by atoms with van der Waals surface area (Å²) >= 11 is 5.04. The second kappa shape index (κ2) is 8.30. The minimum Gasteiger partial charge on any atom is -0.383 e. The molecule has 0 saturated carbocycles. The van der Waals surface area contributed by atoms with Crippen molar-refractivity contribution in [1.29, 1.82) is 0 Å². The number of rotatable bonds is 8. The standard InChI is InChI=1S/C9H17N3OS3/c1-7(6-13-2)10-4-5-15-9-12-11-8(14-3)16-9/h7,10H,4-6H2,1-3H3. The van der Waals surface area contributed by atoms with Crippen molar-refractivity contribution in [3.05, 3.63) is 0 Å². The topological polar surface area (TPSA) is 47.0 Å². The molecular formula is C9H17N3OS3. The number of aromatic nitrogens is 2. The van der Waals surface area contributed by atoms with Gasteiger partial charge >= 0.3 is 0 Å². The van der Waals surface area contributed by atoms with Gasteiger partial charge in [0.2, 0.25) is 0 Å². The van der Waals surface area contributed by atoms with Crippen molar-refractivity contribution in [2.45, 2.75) is 21.6 Å². The molecule has 0 aliphatic heterocycles. The Bertz CT molecular complexity index is 295.